The van der Waals surface area contributed by atoms with Crippen molar-refractivity contribution in [3.05, 3.63) is 114 Å². The van der Waals surface area contributed by atoms with E-state index in [1.165, 1.54) is 30.3 Å². The van der Waals surface area contributed by atoms with Crippen molar-refractivity contribution in [2.75, 3.05) is 6.61 Å². The fourth-order valence-electron chi connectivity index (χ4n) is 3.61. The normalized spacial score (nSPS) is 10.9. The number of hydrogen-bond donors (Lipinski definition) is 1. The predicted octanol–water partition coefficient (Wildman–Crippen LogP) is 5.60. The number of rotatable bonds is 8. The summed E-state index contributed by atoms with van der Waals surface area (Å²) in [4.78, 5) is 13.1. The molecule has 0 saturated heterocycles. The van der Waals surface area contributed by atoms with Crippen molar-refractivity contribution < 1.29 is 22.7 Å². The highest BCUT2D eigenvalue weighted by molar-refractivity contribution is 6.00. The molecule has 1 N–H and O–H groups in total. The van der Waals surface area contributed by atoms with Gasteiger partial charge in [0, 0.05) is 17.5 Å². The number of aromatic nitrogens is 1. The van der Waals surface area contributed by atoms with Gasteiger partial charge >= 0.3 is 0 Å². The number of halogens is 3. The van der Waals surface area contributed by atoms with Crippen LogP contribution in [0.4, 0.5) is 13.2 Å². The fraction of sp³-hybridized carbons (Fsp3) is 0.115. The first kappa shape index (κ1) is 22.2. The summed E-state index contributed by atoms with van der Waals surface area (Å²) in [5, 5.41) is 3.41. The van der Waals surface area contributed by atoms with Gasteiger partial charge in [0.1, 0.15) is 35.5 Å². The van der Waals surface area contributed by atoms with Gasteiger partial charge in [0.05, 0.1) is 12.1 Å². The van der Waals surface area contributed by atoms with E-state index in [0.29, 0.717) is 22.2 Å². The van der Waals surface area contributed by atoms with E-state index in [0.717, 1.165) is 0 Å². The van der Waals surface area contributed by atoms with E-state index in [9.17, 15) is 18.0 Å². The molecule has 0 unspecified atom stereocenters. The van der Waals surface area contributed by atoms with Crippen LogP contribution >= 0.6 is 0 Å². The van der Waals surface area contributed by atoms with Gasteiger partial charge in [0.25, 0.3) is 5.91 Å². The Morgan fingerprint density at radius 3 is 2.39 bits per heavy atom. The topological polar surface area (TPSA) is 43.3 Å². The van der Waals surface area contributed by atoms with Gasteiger partial charge in [-0.05, 0) is 48.0 Å². The lowest BCUT2D eigenvalue weighted by Gasteiger charge is -2.13. The third-order valence-electron chi connectivity index (χ3n) is 5.24. The van der Waals surface area contributed by atoms with Crippen LogP contribution in [-0.2, 0) is 13.1 Å². The van der Waals surface area contributed by atoms with Crippen LogP contribution in [-0.4, -0.2) is 17.1 Å². The number of carbonyl (C=O) groups excluding carboxylic acids is 1. The highest BCUT2D eigenvalue weighted by atomic mass is 19.1. The van der Waals surface area contributed by atoms with E-state index in [2.05, 4.69) is 11.9 Å². The molecule has 1 aromatic heterocycles. The van der Waals surface area contributed by atoms with Crippen LogP contribution < -0.4 is 10.1 Å². The molecule has 0 aliphatic carbocycles. The van der Waals surface area contributed by atoms with Crippen molar-refractivity contribution >= 4 is 16.8 Å². The van der Waals surface area contributed by atoms with Crippen molar-refractivity contribution in [1.29, 1.82) is 0 Å². The Balaban J connectivity index is 1.74. The van der Waals surface area contributed by atoms with Crippen LogP contribution in [0.1, 0.15) is 21.6 Å². The van der Waals surface area contributed by atoms with Gasteiger partial charge in [-0.3, -0.25) is 4.79 Å². The summed E-state index contributed by atoms with van der Waals surface area (Å²) in [6.07, 6.45) is 1.60. The molecule has 0 atom stereocenters. The van der Waals surface area contributed by atoms with Crippen LogP contribution in [0.3, 0.4) is 0 Å². The molecule has 0 fully saturated rings. The molecule has 1 heterocycles. The van der Waals surface area contributed by atoms with Crippen LogP contribution in [0.15, 0.2) is 79.4 Å². The van der Waals surface area contributed by atoms with Crippen LogP contribution in [0.25, 0.3) is 10.9 Å². The molecule has 4 nitrogen and oxygen atoms in total. The van der Waals surface area contributed by atoms with Gasteiger partial charge in [-0.15, -0.1) is 0 Å². The quantitative estimate of drug-likeness (QED) is 0.355. The number of carbonyl (C=O) groups is 1. The number of nitrogens with zero attached hydrogens (tertiary/aromatic N) is 1. The molecular weight excluding hydrogens is 429 g/mol. The average molecular weight is 450 g/mol. The smallest absolute Gasteiger partial charge is 0.268 e. The molecule has 1 amide bonds. The van der Waals surface area contributed by atoms with E-state index >= 15 is 0 Å². The number of hydrogen-bond acceptors (Lipinski definition) is 2. The maximum absolute atomic E-state index is 14.4. The first-order valence-corrected chi connectivity index (χ1v) is 10.3. The van der Waals surface area contributed by atoms with E-state index < -0.39 is 17.5 Å². The van der Waals surface area contributed by atoms with Gasteiger partial charge < -0.3 is 14.6 Å². The summed E-state index contributed by atoms with van der Waals surface area (Å²) in [5.74, 6) is -1.69. The van der Waals surface area contributed by atoms with Gasteiger partial charge in [0.15, 0.2) is 0 Å². The Bertz CT molecular complexity index is 1290. The van der Waals surface area contributed by atoms with Crippen LogP contribution in [0.5, 0.6) is 5.75 Å². The average Bonchev–Trinajstić information content (AvgIpc) is 3.18. The second-order valence-corrected chi connectivity index (χ2v) is 7.41. The molecule has 4 rings (SSSR count). The van der Waals surface area contributed by atoms with Crippen molar-refractivity contribution in [2.24, 2.45) is 0 Å². The maximum Gasteiger partial charge on any atom is 0.268 e. The molecule has 0 aliphatic heterocycles. The second kappa shape index (κ2) is 9.65. The Morgan fingerprint density at radius 2 is 1.70 bits per heavy atom. The Labute approximate surface area is 188 Å². The lowest BCUT2D eigenvalue weighted by molar-refractivity contribution is 0.0942. The SMILES string of the molecule is C=CCOc1cccc2c1cc(C(=O)NCc1ccc(F)cc1)n2Cc1c(F)cccc1F. The summed E-state index contributed by atoms with van der Waals surface area (Å²) in [6, 6.07) is 16.3. The number of fused-ring (bicyclic) bond motifs is 1. The van der Waals surface area contributed by atoms with Crippen molar-refractivity contribution in [3.8, 4) is 5.75 Å². The van der Waals surface area contributed by atoms with E-state index in [4.69, 9.17) is 4.74 Å². The number of nitrogens with one attached hydrogen (secondary N) is 1. The van der Waals surface area contributed by atoms with E-state index in [1.54, 1.807) is 47.0 Å². The minimum Gasteiger partial charge on any atom is -0.489 e. The minimum absolute atomic E-state index is 0.153. The van der Waals surface area contributed by atoms with Gasteiger partial charge in [-0.2, -0.15) is 0 Å². The summed E-state index contributed by atoms with van der Waals surface area (Å²) < 4.78 is 49.2. The highest BCUT2D eigenvalue weighted by Gasteiger charge is 2.20. The standard InChI is InChI=1S/C26H21F3N2O2/c1-2-13-33-25-8-4-7-23-19(25)14-24(26(32)30-15-17-9-11-18(27)12-10-17)31(23)16-20-21(28)5-3-6-22(20)29/h2-12,14H,1,13,15-16H2,(H,30,32). The van der Waals surface area contributed by atoms with Crippen LogP contribution in [0.2, 0.25) is 0 Å². The third kappa shape index (κ3) is 4.77. The minimum atomic E-state index is -0.700. The molecule has 0 aliphatic rings. The lowest BCUT2D eigenvalue weighted by Crippen LogP contribution is -2.26. The van der Waals surface area contributed by atoms with Crippen LogP contribution in [0, 0.1) is 17.5 Å². The molecular formula is C26H21F3N2O2. The molecule has 0 bridgehead atoms. The largest absolute Gasteiger partial charge is 0.489 e. The molecule has 4 aromatic rings. The summed E-state index contributed by atoms with van der Waals surface area (Å²) in [6.45, 7) is 3.87. The zero-order valence-electron chi connectivity index (χ0n) is 17.7. The van der Waals surface area contributed by atoms with Crippen molar-refractivity contribution in [3.63, 3.8) is 0 Å². The first-order valence-electron chi connectivity index (χ1n) is 10.3. The molecule has 7 heteroatoms. The third-order valence-corrected chi connectivity index (χ3v) is 5.24. The van der Waals surface area contributed by atoms with E-state index in [-0.39, 0.29) is 36.8 Å². The number of amides is 1. The summed E-state index contributed by atoms with van der Waals surface area (Å²) >= 11 is 0. The number of benzene rings is 3. The molecule has 3 aromatic carbocycles. The Morgan fingerprint density at radius 1 is 1.00 bits per heavy atom. The van der Waals surface area contributed by atoms with Crippen molar-refractivity contribution in [1.82, 2.24) is 9.88 Å². The zero-order chi connectivity index (χ0) is 23.4. The summed E-state index contributed by atoms with van der Waals surface area (Å²) in [7, 11) is 0. The molecule has 0 spiro atoms. The molecule has 0 saturated carbocycles. The Hall–Kier alpha value is -4.00. The van der Waals surface area contributed by atoms with E-state index in [1.807, 2.05) is 0 Å². The zero-order valence-corrected chi connectivity index (χ0v) is 17.7. The van der Waals surface area contributed by atoms with Gasteiger partial charge in [0.2, 0.25) is 0 Å². The second-order valence-electron chi connectivity index (χ2n) is 7.41. The van der Waals surface area contributed by atoms with Gasteiger partial charge in [-0.25, -0.2) is 13.2 Å². The monoisotopic (exact) mass is 450 g/mol. The first-order chi connectivity index (χ1) is 16.0. The maximum atomic E-state index is 14.4. The summed E-state index contributed by atoms with van der Waals surface area (Å²) in [5.41, 5.74) is 1.36. The molecule has 168 valence electrons. The number of ether oxygens (including phenoxy) is 1. The lowest BCUT2D eigenvalue weighted by atomic mass is 10.2. The Kier molecular flexibility index (Phi) is 6.49. The highest BCUT2D eigenvalue weighted by Crippen LogP contribution is 2.30. The molecule has 33 heavy (non-hydrogen) atoms. The molecule has 0 radical (unpaired) electrons. The predicted molar refractivity (Wildman–Crippen MR) is 121 cm³/mol. The fourth-order valence-corrected chi connectivity index (χ4v) is 3.61. The van der Waals surface area contributed by atoms with Crippen molar-refractivity contribution in [2.45, 2.75) is 13.1 Å². The van der Waals surface area contributed by atoms with Gasteiger partial charge in [-0.1, -0.05) is 36.9 Å².